The van der Waals surface area contributed by atoms with Crippen LogP contribution in [0.1, 0.15) is 46.6 Å². The van der Waals surface area contributed by atoms with Crippen molar-refractivity contribution < 1.29 is 0 Å². The van der Waals surface area contributed by atoms with Gasteiger partial charge in [0.05, 0.1) is 16.6 Å². The molecule has 0 fully saturated rings. The maximum Gasteiger partial charge on any atom is 0.0807 e. The third kappa shape index (κ3) is 2.60. The minimum absolute atomic E-state index is 0.104. The van der Waals surface area contributed by atoms with Gasteiger partial charge in [-0.15, -0.1) is 5.10 Å². The lowest BCUT2D eigenvalue weighted by Gasteiger charge is -2.14. The summed E-state index contributed by atoms with van der Waals surface area (Å²) in [5, 5.41) is 4.19. The maximum absolute atomic E-state index is 6.37. The minimum Gasteiger partial charge on any atom is -0.319 e. The summed E-state index contributed by atoms with van der Waals surface area (Å²) in [6, 6.07) is 6.29. The number of rotatable bonds is 4. The highest BCUT2D eigenvalue weighted by molar-refractivity contribution is 7.05. The van der Waals surface area contributed by atoms with Crippen molar-refractivity contribution in [3.05, 3.63) is 45.5 Å². The fourth-order valence-corrected chi connectivity index (χ4v) is 2.89. The molecule has 2 N–H and O–H groups in total. The van der Waals surface area contributed by atoms with E-state index < -0.39 is 0 Å². The normalized spacial score (nSPS) is 12.7. The first-order valence-electron chi connectivity index (χ1n) is 6.27. The quantitative estimate of drug-likeness (QED) is 0.919. The molecular formula is C14H19N3S. The fraction of sp³-hybridized carbons (Fsp3) is 0.429. The lowest BCUT2D eigenvalue weighted by molar-refractivity contribution is 0.810. The van der Waals surface area contributed by atoms with Crippen LogP contribution in [0.5, 0.6) is 0 Å². The Morgan fingerprint density at radius 3 is 2.78 bits per heavy atom. The summed E-state index contributed by atoms with van der Waals surface area (Å²) in [7, 11) is 0. The van der Waals surface area contributed by atoms with Crippen molar-refractivity contribution in [2.75, 3.05) is 0 Å². The van der Waals surface area contributed by atoms with Crippen LogP contribution in [0.2, 0.25) is 0 Å². The van der Waals surface area contributed by atoms with E-state index >= 15 is 0 Å². The first-order chi connectivity index (χ1) is 8.63. The molecular weight excluding hydrogens is 242 g/mol. The van der Waals surface area contributed by atoms with Crippen LogP contribution in [-0.4, -0.2) is 9.59 Å². The molecule has 0 bridgehead atoms. The molecule has 1 atom stereocenters. The number of hydrogen-bond donors (Lipinski definition) is 1. The smallest absolute Gasteiger partial charge is 0.0807 e. The third-order valence-corrected chi connectivity index (χ3v) is 3.96. The highest BCUT2D eigenvalue weighted by Crippen LogP contribution is 2.28. The van der Waals surface area contributed by atoms with E-state index in [9.17, 15) is 0 Å². The van der Waals surface area contributed by atoms with Gasteiger partial charge in [-0.05, 0) is 42.9 Å². The van der Waals surface area contributed by atoms with Crippen molar-refractivity contribution in [2.24, 2.45) is 5.73 Å². The number of benzene rings is 1. The van der Waals surface area contributed by atoms with Crippen LogP contribution in [0.3, 0.4) is 0 Å². The predicted octanol–water partition coefficient (Wildman–Crippen LogP) is 3.16. The first kappa shape index (κ1) is 13.2. The summed E-state index contributed by atoms with van der Waals surface area (Å²) >= 11 is 1.42. The van der Waals surface area contributed by atoms with Crippen LogP contribution in [-0.2, 0) is 6.42 Å². The zero-order valence-corrected chi connectivity index (χ0v) is 11.9. The second-order valence-electron chi connectivity index (χ2n) is 4.67. The van der Waals surface area contributed by atoms with Gasteiger partial charge in [-0.3, -0.25) is 0 Å². The lowest BCUT2D eigenvalue weighted by Crippen LogP contribution is -2.14. The van der Waals surface area contributed by atoms with Crippen molar-refractivity contribution in [1.29, 1.82) is 0 Å². The Balaban J connectivity index is 2.35. The molecule has 1 aromatic carbocycles. The van der Waals surface area contributed by atoms with Gasteiger partial charge in [0.25, 0.3) is 0 Å². The molecule has 0 aliphatic heterocycles. The molecule has 2 rings (SSSR count). The lowest BCUT2D eigenvalue weighted by atomic mass is 9.97. The zero-order valence-electron chi connectivity index (χ0n) is 11.1. The van der Waals surface area contributed by atoms with Gasteiger partial charge < -0.3 is 5.73 Å². The second kappa shape index (κ2) is 5.59. The van der Waals surface area contributed by atoms with E-state index in [0.29, 0.717) is 0 Å². The summed E-state index contributed by atoms with van der Waals surface area (Å²) in [4.78, 5) is 1.10. The van der Waals surface area contributed by atoms with E-state index in [2.05, 4.69) is 48.6 Å². The van der Waals surface area contributed by atoms with Crippen molar-refractivity contribution in [3.63, 3.8) is 0 Å². The molecule has 0 amide bonds. The molecule has 4 heteroatoms. The van der Waals surface area contributed by atoms with Gasteiger partial charge in [0.2, 0.25) is 0 Å². The van der Waals surface area contributed by atoms with Crippen molar-refractivity contribution in [2.45, 2.75) is 39.7 Å². The first-order valence-corrected chi connectivity index (χ1v) is 7.04. The average Bonchev–Trinajstić information content (AvgIpc) is 2.77. The molecule has 0 aliphatic rings. The van der Waals surface area contributed by atoms with Gasteiger partial charge in [-0.2, -0.15) is 0 Å². The molecule has 1 heterocycles. The molecule has 0 saturated heterocycles. The number of hydrogen-bond acceptors (Lipinski definition) is 4. The van der Waals surface area contributed by atoms with Gasteiger partial charge in [0.1, 0.15) is 0 Å². The van der Waals surface area contributed by atoms with Crippen molar-refractivity contribution in [3.8, 4) is 0 Å². The van der Waals surface area contributed by atoms with Crippen molar-refractivity contribution in [1.82, 2.24) is 9.59 Å². The van der Waals surface area contributed by atoms with E-state index in [1.54, 1.807) is 0 Å². The van der Waals surface area contributed by atoms with Crippen LogP contribution in [0.4, 0.5) is 0 Å². The Labute approximate surface area is 112 Å². The highest BCUT2D eigenvalue weighted by Gasteiger charge is 2.18. The molecule has 1 aromatic heterocycles. The van der Waals surface area contributed by atoms with E-state index in [4.69, 9.17) is 5.73 Å². The summed E-state index contributed by atoms with van der Waals surface area (Å²) in [6.45, 7) is 6.35. The van der Waals surface area contributed by atoms with E-state index in [1.807, 2.05) is 0 Å². The Morgan fingerprint density at radius 1 is 1.33 bits per heavy atom. The summed E-state index contributed by atoms with van der Waals surface area (Å²) in [5.74, 6) is 0. The molecule has 0 saturated carbocycles. The SMILES string of the molecule is CCCc1nnsc1C(N)c1ccc(C)cc1C. The van der Waals surface area contributed by atoms with E-state index in [1.165, 1.54) is 28.2 Å². The monoisotopic (exact) mass is 261 g/mol. The van der Waals surface area contributed by atoms with Gasteiger partial charge in [0, 0.05) is 0 Å². The van der Waals surface area contributed by atoms with Gasteiger partial charge in [0.15, 0.2) is 0 Å². The predicted molar refractivity (Wildman–Crippen MR) is 75.9 cm³/mol. The molecule has 18 heavy (non-hydrogen) atoms. The second-order valence-corrected chi connectivity index (χ2v) is 5.46. The average molecular weight is 261 g/mol. The molecule has 0 aliphatic carbocycles. The number of nitrogens with two attached hydrogens (primary N) is 1. The van der Waals surface area contributed by atoms with Gasteiger partial charge in [-0.1, -0.05) is 41.6 Å². The summed E-state index contributed by atoms with van der Waals surface area (Å²) in [5.41, 5.74) is 11.1. The van der Waals surface area contributed by atoms with E-state index in [0.717, 1.165) is 23.4 Å². The largest absolute Gasteiger partial charge is 0.319 e. The Kier molecular flexibility index (Phi) is 4.09. The molecule has 2 aromatic rings. The van der Waals surface area contributed by atoms with Gasteiger partial charge in [-0.25, -0.2) is 0 Å². The Bertz CT molecular complexity index is 534. The number of aromatic nitrogens is 2. The minimum atomic E-state index is -0.104. The van der Waals surface area contributed by atoms with Crippen LogP contribution in [0.25, 0.3) is 0 Å². The van der Waals surface area contributed by atoms with Crippen LogP contribution in [0, 0.1) is 13.8 Å². The molecule has 1 unspecified atom stereocenters. The van der Waals surface area contributed by atoms with Crippen LogP contribution in [0.15, 0.2) is 18.2 Å². The maximum atomic E-state index is 6.37. The number of aryl methyl sites for hydroxylation is 3. The third-order valence-electron chi connectivity index (χ3n) is 3.11. The molecule has 0 spiro atoms. The summed E-state index contributed by atoms with van der Waals surface area (Å²) in [6.07, 6.45) is 2.02. The highest BCUT2D eigenvalue weighted by atomic mass is 32.1. The molecule has 96 valence electrons. The Morgan fingerprint density at radius 2 is 2.11 bits per heavy atom. The van der Waals surface area contributed by atoms with Crippen LogP contribution >= 0.6 is 11.5 Å². The zero-order chi connectivity index (χ0) is 13.1. The fourth-order valence-electron chi connectivity index (χ4n) is 2.18. The number of nitrogens with zero attached hydrogens (tertiary/aromatic N) is 2. The summed E-state index contributed by atoms with van der Waals surface area (Å²) < 4.78 is 4.05. The van der Waals surface area contributed by atoms with Crippen LogP contribution < -0.4 is 5.73 Å². The topological polar surface area (TPSA) is 51.8 Å². The standard InChI is InChI=1S/C14H19N3S/c1-4-5-12-14(18-17-16-12)13(15)11-7-6-9(2)8-10(11)3/h6-8,13H,4-5,15H2,1-3H3. The van der Waals surface area contributed by atoms with Crippen molar-refractivity contribution >= 4 is 11.5 Å². The Hall–Kier alpha value is -1.26. The molecule has 0 radical (unpaired) electrons. The van der Waals surface area contributed by atoms with E-state index in [-0.39, 0.29) is 6.04 Å². The molecule has 3 nitrogen and oxygen atoms in total. The van der Waals surface area contributed by atoms with Gasteiger partial charge >= 0.3 is 0 Å².